The molecule has 0 aliphatic carbocycles. The molecule has 286 valence electrons. The van der Waals surface area contributed by atoms with Crippen LogP contribution >= 0.6 is 0 Å². The lowest BCUT2D eigenvalue weighted by Gasteiger charge is -2.37. The van der Waals surface area contributed by atoms with Gasteiger partial charge in [0.15, 0.2) is 0 Å². The van der Waals surface area contributed by atoms with Crippen LogP contribution in [0.5, 0.6) is 0 Å². The average Bonchev–Trinajstić information content (AvgIpc) is 3.07. The summed E-state index contributed by atoms with van der Waals surface area (Å²) in [4.78, 5) is 0. The summed E-state index contributed by atoms with van der Waals surface area (Å²) in [5, 5.41) is 0. The first-order valence-corrected chi connectivity index (χ1v) is 23.2. The highest BCUT2D eigenvalue weighted by Crippen LogP contribution is 2.18. The van der Waals surface area contributed by atoms with E-state index < -0.39 is 10.1 Å². The quantitative estimate of drug-likeness (QED) is 0.0401. The van der Waals surface area contributed by atoms with E-state index in [-0.39, 0.29) is 5.75 Å². The van der Waals surface area contributed by atoms with Gasteiger partial charge in [-0.3, -0.25) is 4.55 Å². The first-order valence-electron chi connectivity index (χ1n) is 21.6. The second-order valence-corrected chi connectivity index (χ2v) is 16.6. The van der Waals surface area contributed by atoms with E-state index in [9.17, 15) is 8.42 Å². The Morgan fingerprint density at radius 1 is 0.340 bits per heavy atom. The summed E-state index contributed by atoms with van der Waals surface area (Å²) in [6.07, 6.45) is 47.0. The minimum absolute atomic E-state index is 0.201. The van der Waals surface area contributed by atoms with Crippen molar-refractivity contribution >= 4 is 10.1 Å². The number of quaternary nitrogens is 1. The predicted octanol–water partition coefficient (Wildman–Crippen LogP) is 14.3. The molecule has 0 aromatic heterocycles. The normalized spacial score (nSPS) is 12.0. The van der Waals surface area contributed by atoms with Crippen LogP contribution in [0, 0.1) is 0 Å². The molecule has 0 saturated heterocycles. The van der Waals surface area contributed by atoms with Crippen LogP contribution in [0.25, 0.3) is 0 Å². The van der Waals surface area contributed by atoms with Crippen molar-refractivity contribution in [2.45, 2.75) is 240 Å². The van der Waals surface area contributed by atoms with E-state index in [1.165, 1.54) is 243 Å². The fourth-order valence-electron chi connectivity index (χ4n) is 6.96. The van der Waals surface area contributed by atoms with Crippen LogP contribution in [0.15, 0.2) is 0 Å². The second-order valence-electron chi connectivity index (χ2n) is 14.9. The van der Waals surface area contributed by atoms with Gasteiger partial charge in [0.1, 0.15) is 0 Å². The van der Waals surface area contributed by atoms with Gasteiger partial charge in [0.25, 0.3) is 10.1 Å². The van der Waals surface area contributed by atoms with Gasteiger partial charge in [-0.2, -0.15) is 8.42 Å². The maximum Gasteiger partial charge on any atom is 0.264 e. The Morgan fingerprint density at radius 3 is 0.660 bits per heavy atom. The van der Waals surface area contributed by atoms with Gasteiger partial charge >= 0.3 is 0 Å². The zero-order chi connectivity index (χ0) is 35.2. The lowest BCUT2D eigenvalue weighted by atomic mass is 10.0. The first-order chi connectivity index (χ1) is 22.8. The second kappa shape index (κ2) is 38.7. The highest BCUT2D eigenvalue weighted by atomic mass is 32.2. The summed E-state index contributed by atoms with van der Waals surface area (Å²) in [7, 11) is -3.66. The molecule has 0 aromatic rings. The maximum atomic E-state index is 9.56. The molecule has 0 aromatic carbocycles. The summed E-state index contributed by atoms with van der Waals surface area (Å²) in [5.74, 6) is -0.201. The summed E-state index contributed by atoms with van der Waals surface area (Å²) in [5.41, 5.74) is 0. The minimum atomic E-state index is -3.66. The molecule has 0 fully saturated rings. The Balaban J connectivity index is 0. The molecule has 0 saturated carbocycles. The van der Waals surface area contributed by atoms with Crippen LogP contribution in [0.4, 0.5) is 0 Å². The molecule has 1 N–H and O–H groups in total. The Labute approximate surface area is 298 Å². The Bertz CT molecular complexity index is 639. The van der Waals surface area contributed by atoms with Crippen molar-refractivity contribution in [3.8, 4) is 0 Å². The largest absolute Gasteiger partial charge is 0.324 e. The smallest absolute Gasteiger partial charge is 0.264 e. The molecular weight excluding hydrogens is 599 g/mol. The van der Waals surface area contributed by atoms with Gasteiger partial charge in [-0.1, -0.05) is 194 Å². The topological polar surface area (TPSA) is 54.4 Å². The van der Waals surface area contributed by atoms with E-state index in [0.29, 0.717) is 0 Å². The van der Waals surface area contributed by atoms with Crippen molar-refractivity contribution in [2.24, 2.45) is 0 Å². The number of rotatable bonds is 37. The first kappa shape index (κ1) is 49.0. The highest BCUT2D eigenvalue weighted by molar-refractivity contribution is 7.85. The van der Waals surface area contributed by atoms with Crippen LogP contribution in [-0.4, -0.2) is 49.4 Å². The van der Waals surface area contributed by atoms with Gasteiger partial charge in [0.2, 0.25) is 0 Å². The number of hydrogen-bond donors (Lipinski definition) is 1. The molecular formula is C42H90NO3S+. The third kappa shape index (κ3) is 40.2. The zero-order valence-electron chi connectivity index (χ0n) is 33.3. The molecule has 0 heterocycles. The molecule has 0 amide bonds. The molecule has 0 atom stereocenters. The van der Waals surface area contributed by atoms with E-state index in [0.717, 1.165) is 0 Å². The van der Waals surface area contributed by atoms with E-state index in [2.05, 4.69) is 27.7 Å². The lowest BCUT2D eigenvalue weighted by molar-refractivity contribution is -0.925. The van der Waals surface area contributed by atoms with Crippen LogP contribution in [0.1, 0.15) is 240 Å². The van der Waals surface area contributed by atoms with Crippen molar-refractivity contribution in [2.75, 3.05) is 31.9 Å². The van der Waals surface area contributed by atoms with Crippen molar-refractivity contribution in [1.29, 1.82) is 0 Å². The summed E-state index contributed by atoms with van der Waals surface area (Å²) >= 11 is 0. The summed E-state index contributed by atoms with van der Waals surface area (Å²) < 4.78 is 28.3. The third-order valence-electron chi connectivity index (χ3n) is 10.7. The van der Waals surface area contributed by atoms with E-state index >= 15 is 0 Å². The highest BCUT2D eigenvalue weighted by Gasteiger charge is 2.21. The standard InChI is InChI=1S/C40H84N.C2H6O3S/c1-5-9-11-13-15-17-19-21-23-25-27-29-31-33-35-37-39-41(7-3,8-4)40-38-36-34-32-30-28-26-24-22-20-18-16-14-12-10-6-2;1-2-6(3,4)5/h5-40H2,1-4H3;2H2,1H3,(H,3,4,5)/q+1;. The SMILES string of the molecule is CCCCCCCCCCCCCCCCCC[N+](CC)(CC)CCCCCCCCCCCCCCCCCC.CCS(=O)(=O)O. The molecule has 0 aliphatic rings. The van der Waals surface area contributed by atoms with Gasteiger partial charge in [-0.15, -0.1) is 0 Å². The molecule has 0 bridgehead atoms. The molecule has 4 nitrogen and oxygen atoms in total. The molecule has 0 spiro atoms. The third-order valence-corrected chi connectivity index (χ3v) is 11.4. The van der Waals surface area contributed by atoms with Gasteiger partial charge in [-0.05, 0) is 46.5 Å². The molecule has 47 heavy (non-hydrogen) atoms. The van der Waals surface area contributed by atoms with Gasteiger partial charge in [0, 0.05) is 0 Å². The van der Waals surface area contributed by atoms with Crippen LogP contribution in [0.2, 0.25) is 0 Å². The molecule has 5 heteroatoms. The summed E-state index contributed by atoms with van der Waals surface area (Å²) in [6, 6.07) is 0. The zero-order valence-corrected chi connectivity index (χ0v) is 34.1. The summed E-state index contributed by atoms with van der Waals surface area (Å²) in [6.45, 7) is 16.4. The maximum absolute atomic E-state index is 9.56. The van der Waals surface area contributed by atoms with Crippen molar-refractivity contribution in [3.05, 3.63) is 0 Å². The molecule has 0 unspecified atom stereocenters. The predicted molar refractivity (Wildman–Crippen MR) is 212 cm³/mol. The Hall–Kier alpha value is -0.130. The van der Waals surface area contributed by atoms with Crippen molar-refractivity contribution < 1.29 is 17.5 Å². The fourth-order valence-corrected chi connectivity index (χ4v) is 6.96. The van der Waals surface area contributed by atoms with Crippen molar-refractivity contribution in [1.82, 2.24) is 0 Å². The average molecular weight is 689 g/mol. The Kier molecular flexibility index (Phi) is 40.3. The lowest BCUT2D eigenvalue weighted by Crippen LogP contribution is -2.49. The number of hydrogen-bond acceptors (Lipinski definition) is 2. The molecule has 0 rings (SSSR count). The van der Waals surface area contributed by atoms with E-state index in [1.54, 1.807) is 0 Å². The molecule has 0 aliphatic heterocycles. The van der Waals surface area contributed by atoms with Crippen LogP contribution in [-0.2, 0) is 10.1 Å². The van der Waals surface area contributed by atoms with Crippen LogP contribution < -0.4 is 0 Å². The fraction of sp³-hybridized carbons (Fsp3) is 1.00. The minimum Gasteiger partial charge on any atom is -0.324 e. The van der Waals surface area contributed by atoms with Crippen LogP contribution in [0.3, 0.4) is 0 Å². The Morgan fingerprint density at radius 2 is 0.511 bits per heavy atom. The van der Waals surface area contributed by atoms with Gasteiger partial charge in [0.05, 0.1) is 31.9 Å². The monoisotopic (exact) mass is 689 g/mol. The van der Waals surface area contributed by atoms with Gasteiger partial charge in [-0.25, -0.2) is 0 Å². The molecule has 0 radical (unpaired) electrons. The van der Waals surface area contributed by atoms with E-state index in [1.807, 2.05) is 0 Å². The van der Waals surface area contributed by atoms with E-state index in [4.69, 9.17) is 4.55 Å². The van der Waals surface area contributed by atoms with Crippen molar-refractivity contribution in [3.63, 3.8) is 0 Å². The number of unbranched alkanes of at least 4 members (excludes halogenated alkanes) is 30. The number of nitrogens with zero attached hydrogens (tertiary/aromatic N) is 1. The van der Waals surface area contributed by atoms with Gasteiger partial charge < -0.3 is 4.48 Å².